The first kappa shape index (κ1) is 84.5. The molecule has 3 N–H and O–H groups in total. The predicted molar refractivity (Wildman–Crippen MR) is 349 cm³/mol. The fourth-order valence-electron chi connectivity index (χ4n) is 9.65. The monoisotopic (exact) mass is 1280 g/mol. The van der Waals surface area contributed by atoms with Crippen LogP contribution in [-0.2, 0) is 65.4 Å². The first-order chi connectivity index (χ1) is 41.7. The molecule has 87 heavy (non-hydrogen) atoms. The third-order valence-electron chi connectivity index (χ3n) is 15.0. The van der Waals surface area contributed by atoms with Gasteiger partial charge in [0.2, 0.25) is 0 Å². The van der Waals surface area contributed by atoms with E-state index in [4.69, 9.17) is 37.0 Å². The van der Waals surface area contributed by atoms with Crippen LogP contribution in [0, 0.1) is 17.8 Å². The molecule has 0 aromatic heterocycles. The summed E-state index contributed by atoms with van der Waals surface area (Å²) in [6, 6.07) is 0. The Hall–Kier alpha value is -2.46. The van der Waals surface area contributed by atoms with Gasteiger partial charge < -0.3 is 33.8 Å². The molecule has 0 radical (unpaired) electrons. The van der Waals surface area contributed by atoms with Crippen LogP contribution in [-0.4, -0.2) is 96.7 Å². The molecule has 0 saturated heterocycles. The summed E-state index contributed by atoms with van der Waals surface area (Å²) in [5, 5.41) is 10.6. The summed E-state index contributed by atoms with van der Waals surface area (Å²) in [5.41, 5.74) is 0. The SMILES string of the molecule is CCCCCC/C=C\C=C/CCCCCCCC(=O)OC[C@H](COP(=O)(O)OC[C@@H](O)COP(=O)(O)OC[C@@H](COC(=O)CCCCCCCCC(C)C)OC(=O)CCCCCCCCCCC(C)C)OC(=O)CCCCCCCCCCCC(C)C. The van der Waals surface area contributed by atoms with E-state index in [2.05, 4.69) is 72.8 Å². The van der Waals surface area contributed by atoms with Gasteiger partial charge in [-0.05, 0) is 69.1 Å². The molecule has 0 aliphatic heterocycles. The number of phosphoric acid groups is 2. The van der Waals surface area contributed by atoms with Crippen LogP contribution in [0.2, 0.25) is 0 Å². The first-order valence-corrected chi connectivity index (χ1v) is 37.7. The quantitative estimate of drug-likeness (QED) is 0.0169. The number of hydrogen-bond acceptors (Lipinski definition) is 15. The lowest BCUT2D eigenvalue weighted by atomic mass is 10.0. The van der Waals surface area contributed by atoms with E-state index in [9.17, 15) is 43.2 Å². The Morgan fingerprint density at radius 1 is 0.356 bits per heavy atom. The van der Waals surface area contributed by atoms with Gasteiger partial charge in [0, 0.05) is 25.7 Å². The van der Waals surface area contributed by atoms with Crippen molar-refractivity contribution in [2.24, 2.45) is 17.8 Å². The van der Waals surface area contributed by atoms with Gasteiger partial charge >= 0.3 is 39.5 Å². The summed E-state index contributed by atoms with van der Waals surface area (Å²) in [6.45, 7) is 11.6. The molecule has 0 fully saturated rings. The largest absolute Gasteiger partial charge is 0.472 e. The highest BCUT2D eigenvalue weighted by Crippen LogP contribution is 2.45. The summed E-state index contributed by atoms with van der Waals surface area (Å²) in [4.78, 5) is 72.3. The van der Waals surface area contributed by atoms with Crippen LogP contribution < -0.4 is 0 Å². The fraction of sp³-hybridized carbons (Fsp3) is 0.882. The minimum Gasteiger partial charge on any atom is -0.462 e. The van der Waals surface area contributed by atoms with Crippen LogP contribution in [0.1, 0.15) is 312 Å². The Morgan fingerprint density at radius 2 is 0.621 bits per heavy atom. The predicted octanol–water partition coefficient (Wildman–Crippen LogP) is 18.6. The summed E-state index contributed by atoms with van der Waals surface area (Å²) < 4.78 is 68.1. The molecular weight excluding hydrogens is 1150 g/mol. The van der Waals surface area contributed by atoms with E-state index < -0.39 is 97.5 Å². The molecule has 5 atom stereocenters. The van der Waals surface area contributed by atoms with E-state index in [1.54, 1.807) is 0 Å². The van der Waals surface area contributed by atoms with Gasteiger partial charge in [0.25, 0.3) is 0 Å². The smallest absolute Gasteiger partial charge is 0.462 e. The van der Waals surface area contributed by atoms with Crippen LogP contribution >= 0.6 is 15.6 Å². The molecule has 19 heteroatoms. The molecule has 0 aromatic carbocycles. The highest BCUT2D eigenvalue weighted by molar-refractivity contribution is 7.47. The number of carbonyl (C=O) groups is 4. The number of allylic oxidation sites excluding steroid dienone is 4. The number of carbonyl (C=O) groups excluding carboxylic acids is 4. The van der Waals surface area contributed by atoms with Crippen LogP contribution in [0.3, 0.4) is 0 Å². The third kappa shape index (κ3) is 62.1. The molecule has 0 spiro atoms. The molecule has 0 aromatic rings. The minimum absolute atomic E-state index is 0.0977. The van der Waals surface area contributed by atoms with E-state index in [-0.39, 0.29) is 25.7 Å². The number of unbranched alkanes of at least 4 members (excludes halogenated alkanes) is 29. The molecule has 0 amide bonds. The lowest BCUT2D eigenvalue weighted by molar-refractivity contribution is -0.161. The Bertz CT molecular complexity index is 1810. The third-order valence-corrected chi connectivity index (χ3v) is 16.9. The van der Waals surface area contributed by atoms with Crippen LogP contribution in [0.15, 0.2) is 24.3 Å². The summed E-state index contributed by atoms with van der Waals surface area (Å²) >= 11 is 0. The van der Waals surface area contributed by atoms with Gasteiger partial charge in [0.1, 0.15) is 19.3 Å². The topological polar surface area (TPSA) is 237 Å². The average Bonchev–Trinajstić information content (AvgIpc) is 3.66. The zero-order chi connectivity index (χ0) is 64.5. The van der Waals surface area contributed by atoms with Crippen molar-refractivity contribution in [3.8, 4) is 0 Å². The minimum atomic E-state index is -4.96. The number of esters is 4. The van der Waals surface area contributed by atoms with Crippen molar-refractivity contribution in [1.82, 2.24) is 0 Å². The maximum absolute atomic E-state index is 13.0. The maximum atomic E-state index is 13.0. The zero-order valence-electron chi connectivity index (χ0n) is 56.0. The molecule has 512 valence electrons. The fourth-order valence-corrected chi connectivity index (χ4v) is 11.2. The van der Waals surface area contributed by atoms with Crippen LogP contribution in [0.25, 0.3) is 0 Å². The highest BCUT2D eigenvalue weighted by Gasteiger charge is 2.30. The zero-order valence-corrected chi connectivity index (χ0v) is 57.7. The van der Waals surface area contributed by atoms with Crippen LogP contribution in [0.4, 0.5) is 0 Å². The van der Waals surface area contributed by atoms with Crippen LogP contribution in [0.5, 0.6) is 0 Å². The lowest BCUT2D eigenvalue weighted by Gasteiger charge is -2.21. The average molecular weight is 1280 g/mol. The number of phosphoric ester groups is 2. The standard InChI is InChI=1S/C68H128O17P2/c1-8-9-10-11-12-13-14-15-16-17-18-21-27-35-42-49-65(70)78-55-63(84-67(72)51-44-37-28-22-19-20-25-32-39-46-59(2)3)57-82-86(74,75)80-53-62(69)54-81-87(76,77)83-58-64(56-79-66(71)50-43-36-31-30-34-41-48-61(6)7)85-68(73)52-45-38-29-24-23-26-33-40-47-60(4)5/h13-16,59-64,69H,8-12,17-58H2,1-7H3,(H,74,75)(H,76,77)/b14-13-,16-15-/t62-,63-,64-/m1/s1. The van der Waals surface area contributed by atoms with Crippen molar-refractivity contribution in [2.75, 3.05) is 39.6 Å². The van der Waals surface area contributed by atoms with E-state index in [0.29, 0.717) is 37.5 Å². The second-order valence-electron chi connectivity index (χ2n) is 25.3. The number of aliphatic hydroxyl groups excluding tert-OH is 1. The number of rotatable bonds is 64. The van der Waals surface area contributed by atoms with E-state index in [1.165, 1.54) is 96.3 Å². The van der Waals surface area contributed by atoms with Crippen molar-refractivity contribution in [3.63, 3.8) is 0 Å². The van der Waals surface area contributed by atoms with Gasteiger partial charge in [-0.15, -0.1) is 0 Å². The summed E-state index contributed by atoms with van der Waals surface area (Å²) in [7, 11) is -9.91. The molecule has 0 bridgehead atoms. The molecule has 0 aliphatic rings. The Labute approximate surface area is 529 Å². The van der Waals surface area contributed by atoms with Crippen molar-refractivity contribution < 1.29 is 80.2 Å². The van der Waals surface area contributed by atoms with Gasteiger partial charge in [0.05, 0.1) is 26.4 Å². The second-order valence-corrected chi connectivity index (χ2v) is 28.2. The van der Waals surface area contributed by atoms with Gasteiger partial charge in [-0.3, -0.25) is 37.3 Å². The van der Waals surface area contributed by atoms with Gasteiger partial charge in [-0.2, -0.15) is 0 Å². The lowest BCUT2D eigenvalue weighted by Crippen LogP contribution is -2.30. The van der Waals surface area contributed by atoms with E-state index in [0.717, 1.165) is 121 Å². The van der Waals surface area contributed by atoms with E-state index >= 15 is 0 Å². The maximum Gasteiger partial charge on any atom is 0.472 e. The summed E-state index contributed by atoms with van der Waals surface area (Å²) in [5.74, 6) is -0.0364. The molecule has 17 nitrogen and oxygen atoms in total. The molecule has 0 rings (SSSR count). The van der Waals surface area contributed by atoms with Crippen molar-refractivity contribution in [3.05, 3.63) is 24.3 Å². The van der Waals surface area contributed by atoms with Crippen molar-refractivity contribution in [1.29, 1.82) is 0 Å². The summed E-state index contributed by atoms with van der Waals surface area (Å²) in [6.07, 6.45) is 44.1. The van der Waals surface area contributed by atoms with Crippen molar-refractivity contribution in [2.45, 2.75) is 330 Å². The Morgan fingerprint density at radius 3 is 0.931 bits per heavy atom. The van der Waals surface area contributed by atoms with Gasteiger partial charge in [-0.25, -0.2) is 9.13 Å². The molecule has 0 heterocycles. The van der Waals surface area contributed by atoms with E-state index in [1.807, 2.05) is 0 Å². The number of hydrogen-bond donors (Lipinski definition) is 3. The van der Waals surface area contributed by atoms with Gasteiger partial charge in [-0.1, -0.05) is 259 Å². The molecule has 0 aliphatic carbocycles. The molecule has 0 saturated carbocycles. The number of aliphatic hydroxyl groups is 1. The first-order valence-electron chi connectivity index (χ1n) is 34.7. The Balaban J connectivity index is 5.28. The Kier molecular flexibility index (Phi) is 57.0. The normalized spacial score (nSPS) is 14.4. The molecular formula is C68H128O17P2. The molecule has 2 unspecified atom stereocenters. The van der Waals surface area contributed by atoms with Gasteiger partial charge in [0.15, 0.2) is 12.2 Å². The second kappa shape index (κ2) is 58.6. The highest BCUT2D eigenvalue weighted by atomic mass is 31.2. The van der Waals surface area contributed by atoms with Crippen molar-refractivity contribution >= 4 is 39.5 Å². The number of ether oxygens (including phenoxy) is 4.